The van der Waals surface area contributed by atoms with Crippen LogP contribution in [-0.2, 0) is 16.0 Å². The van der Waals surface area contributed by atoms with Crippen LogP contribution in [0.5, 0.6) is 5.75 Å². The first-order valence-electron chi connectivity index (χ1n) is 13.4. The molecular formula is C30H40N2O3. The van der Waals surface area contributed by atoms with Crippen LogP contribution < -0.4 is 10.1 Å². The molecule has 0 radical (unpaired) electrons. The number of benzene rings is 2. The molecule has 0 saturated heterocycles. The highest BCUT2D eigenvalue weighted by Gasteiger charge is 2.36. The van der Waals surface area contributed by atoms with E-state index < -0.39 is 6.10 Å². The molecule has 1 fully saturated rings. The predicted octanol–water partition coefficient (Wildman–Crippen LogP) is 5.67. The van der Waals surface area contributed by atoms with E-state index in [1.807, 2.05) is 31.2 Å². The van der Waals surface area contributed by atoms with Crippen LogP contribution in [0.2, 0.25) is 0 Å². The lowest BCUT2D eigenvalue weighted by atomic mass is 9.87. The van der Waals surface area contributed by atoms with Crippen LogP contribution in [-0.4, -0.2) is 35.9 Å². The highest BCUT2D eigenvalue weighted by Crippen LogP contribution is 2.39. The second-order valence-electron chi connectivity index (χ2n) is 10.4. The zero-order valence-corrected chi connectivity index (χ0v) is 21.5. The summed E-state index contributed by atoms with van der Waals surface area (Å²) in [6.07, 6.45) is 6.14. The van der Waals surface area contributed by atoms with Crippen LogP contribution >= 0.6 is 0 Å². The average Bonchev–Trinajstić information content (AvgIpc) is 3.41. The van der Waals surface area contributed by atoms with Gasteiger partial charge in [-0.15, -0.1) is 0 Å². The van der Waals surface area contributed by atoms with Gasteiger partial charge < -0.3 is 15.0 Å². The maximum absolute atomic E-state index is 13.6. The minimum atomic E-state index is -0.532. The summed E-state index contributed by atoms with van der Waals surface area (Å²) in [6.45, 7) is 7.67. The Labute approximate surface area is 210 Å². The van der Waals surface area contributed by atoms with Crippen molar-refractivity contribution in [3.63, 3.8) is 0 Å². The topological polar surface area (TPSA) is 58.6 Å². The Bertz CT molecular complexity index is 998. The second kappa shape index (κ2) is 11.7. The number of fused-ring (bicyclic) bond motifs is 1. The zero-order chi connectivity index (χ0) is 24.8. The van der Waals surface area contributed by atoms with Gasteiger partial charge in [-0.1, -0.05) is 70.0 Å². The van der Waals surface area contributed by atoms with E-state index in [-0.39, 0.29) is 23.8 Å². The Balaban J connectivity index is 1.59. The highest BCUT2D eigenvalue weighted by atomic mass is 16.5. The van der Waals surface area contributed by atoms with Crippen molar-refractivity contribution in [2.45, 2.75) is 77.9 Å². The van der Waals surface area contributed by atoms with Gasteiger partial charge in [-0.25, -0.2) is 0 Å². The maximum Gasteiger partial charge on any atom is 0.261 e. The first kappa shape index (κ1) is 25.3. The maximum atomic E-state index is 13.6. The third-order valence-electron chi connectivity index (χ3n) is 7.41. The molecule has 2 unspecified atom stereocenters. The molecule has 2 atom stereocenters. The summed E-state index contributed by atoms with van der Waals surface area (Å²) < 4.78 is 6.21. The monoisotopic (exact) mass is 476 g/mol. The van der Waals surface area contributed by atoms with Gasteiger partial charge in [0.15, 0.2) is 6.10 Å². The van der Waals surface area contributed by atoms with E-state index in [2.05, 4.69) is 48.3 Å². The van der Waals surface area contributed by atoms with Gasteiger partial charge in [0, 0.05) is 19.0 Å². The highest BCUT2D eigenvalue weighted by molar-refractivity contribution is 5.81. The van der Waals surface area contributed by atoms with Gasteiger partial charge in [-0.05, 0) is 66.8 Å². The number of nitrogens with one attached hydrogen (secondary N) is 1. The van der Waals surface area contributed by atoms with Crippen molar-refractivity contribution in [3.8, 4) is 5.75 Å². The summed E-state index contributed by atoms with van der Waals surface area (Å²) in [5.41, 5.74) is 3.48. The largest absolute Gasteiger partial charge is 0.481 e. The minimum absolute atomic E-state index is 0.0662. The smallest absolute Gasteiger partial charge is 0.261 e. The van der Waals surface area contributed by atoms with Crippen LogP contribution in [0.4, 0.5) is 0 Å². The molecule has 4 rings (SSSR count). The molecule has 35 heavy (non-hydrogen) atoms. The number of hydrogen-bond acceptors (Lipinski definition) is 3. The van der Waals surface area contributed by atoms with Gasteiger partial charge in [-0.3, -0.25) is 9.59 Å². The lowest BCUT2D eigenvalue weighted by molar-refractivity contribution is -0.137. The predicted molar refractivity (Wildman–Crippen MR) is 139 cm³/mol. The van der Waals surface area contributed by atoms with E-state index in [0.29, 0.717) is 24.6 Å². The Hall–Kier alpha value is -2.82. The van der Waals surface area contributed by atoms with Gasteiger partial charge in [0.1, 0.15) is 5.75 Å². The molecule has 0 bridgehead atoms. The molecule has 1 heterocycles. The van der Waals surface area contributed by atoms with Crippen LogP contribution in [0, 0.1) is 11.8 Å². The van der Waals surface area contributed by atoms with Gasteiger partial charge in [-0.2, -0.15) is 0 Å². The molecule has 0 spiro atoms. The number of carbonyl (C=O) groups excluding carboxylic acids is 2. The van der Waals surface area contributed by atoms with Crippen LogP contribution in [0.15, 0.2) is 48.5 Å². The normalized spacial score (nSPS) is 18.9. The standard InChI is InChI=1S/C30H40N2O3/c1-4-27(29(33)31-18-16-21(2)3)35-25-15-14-22-17-19-32(30(34)24-12-8-9-13-24)28(26(22)20-25)23-10-6-5-7-11-23/h5-7,10-11,14-15,20-21,24,27-28H,4,8-9,12-13,16-19H2,1-3H3,(H,31,33). The molecular weight excluding hydrogens is 436 g/mol. The summed E-state index contributed by atoms with van der Waals surface area (Å²) in [7, 11) is 0. The Morgan fingerprint density at radius 1 is 1.09 bits per heavy atom. The summed E-state index contributed by atoms with van der Waals surface area (Å²) >= 11 is 0. The van der Waals surface area contributed by atoms with Gasteiger partial charge in [0.2, 0.25) is 5.91 Å². The van der Waals surface area contributed by atoms with Gasteiger partial charge in [0.05, 0.1) is 6.04 Å². The van der Waals surface area contributed by atoms with E-state index in [0.717, 1.165) is 56.2 Å². The number of rotatable bonds is 9. The number of nitrogens with zero attached hydrogens (tertiary/aromatic N) is 1. The fraction of sp³-hybridized carbons (Fsp3) is 0.533. The summed E-state index contributed by atoms with van der Waals surface area (Å²) in [5.74, 6) is 1.58. The fourth-order valence-electron chi connectivity index (χ4n) is 5.39. The average molecular weight is 477 g/mol. The van der Waals surface area contributed by atoms with E-state index >= 15 is 0 Å². The molecule has 5 heteroatoms. The van der Waals surface area contributed by atoms with Crippen molar-refractivity contribution < 1.29 is 14.3 Å². The zero-order valence-electron chi connectivity index (χ0n) is 21.5. The van der Waals surface area contributed by atoms with Crippen molar-refractivity contribution in [1.29, 1.82) is 0 Å². The molecule has 2 aromatic rings. The Morgan fingerprint density at radius 2 is 1.83 bits per heavy atom. The Morgan fingerprint density at radius 3 is 2.51 bits per heavy atom. The van der Waals surface area contributed by atoms with Crippen molar-refractivity contribution in [3.05, 3.63) is 65.2 Å². The first-order chi connectivity index (χ1) is 17.0. The quantitative estimate of drug-likeness (QED) is 0.507. The molecule has 2 aromatic carbocycles. The second-order valence-corrected chi connectivity index (χ2v) is 10.4. The molecule has 1 saturated carbocycles. The molecule has 5 nitrogen and oxygen atoms in total. The summed E-state index contributed by atoms with van der Waals surface area (Å²) in [5, 5.41) is 3.02. The SMILES string of the molecule is CCC(Oc1ccc2c(c1)C(c1ccccc1)N(C(=O)C1CCCC1)CC2)C(=O)NCCC(C)C. The van der Waals surface area contributed by atoms with E-state index in [9.17, 15) is 9.59 Å². The molecule has 1 aliphatic carbocycles. The van der Waals surface area contributed by atoms with Crippen LogP contribution in [0.1, 0.15) is 82.0 Å². The molecule has 1 N–H and O–H groups in total. The van der Waals surface area contributed by atoms with E-state index in [1.165, 1.54) is 5.56 Å². The van der Waals surface area contributed by atoms with Crippen molar-refractivity contribution in [1.82, 2.24) is 10.2 Å². The third-order valence-corrected chi connectivity index (χ3v) is 7.41. The first-order valence-corrected chi connectivity index (χ1v) is 13.4. The lowest BCUT2D eigenvalue weighted by Crippen LogP contribution is -2.43. The third kappa shape index (κ3) is 6.06. The summed E-state index contributed by atoms with van der Waals surface area (Å²) in [6, 6.07) is 16.3. The molecule has 0 aromatic heterocycles. The van der Waals surface area contributed by atoms with Crippen molar-refractivity contribution in [2.24, 2.45) is 11.8 Å². The number of hydrogen-bond donors (Lipinski definition) is 1. The fourth-order valence-corrected chi connectivity index (χ4v) is 5.39. The molecule has 2 aliphatic rings. The van der Waals surface area contributed by atoms with Gasteiger partial charge >= 0.3 is 0 Å². The van der Waals surface area contributed by atoms with E-state index in [4.69, 9.17) is 4.74 Å². The number of amides is 2. The minimum Gasteiger partial charge on any atom is -0.481 e. The van der Waals surface area contributed by atoms with E-state index in [1.54, 1.807) is 0 Å². The van der Waals surface area contributed by atoms with Gasteiger partial charge in [0.25, 0.3) is 5.91 Å². The van der Waals surface area contributed by atoms with Crippen LogP contribution in [0.25, 0.3) is 0 Å². The number of carbonyl (C=O) groups is 2. The lowest BCUT2D eigenvalue weighted by Gasteiger charge is -2.39. The van der Waals surface area contributed by atoms with Crippen LogP contribution in [0.3, 0.4) is 0 Å². The summed E-state index contributed by atoms with van der Waals surface area (Å²) in [4.78, 5) is 28.4. The van der Waals surface area contributed by atoms with Crippen molar-refractivity contribution >= 4 is 11.8 Å². The Kier molecular flexibility index (Phi) is 8.48. The molecule has 2 amide bonds. The van der Waals surface area contributed by atoms with Crippen molar-refractivity contribution in [2.75, 3.05) is 13.1 Å². The molecule has 1 aliphatic heterocycles. The molecule has 188 valence electrons. The number of ether oxygens (including phenoxy) is 1.